The van der Waals surface area contributed by atoms with Crippen LogP contribution >= 0.6 is 0 Å². The van der Waals surface area contributed by atoms with Crippen molar-refractivity contribution in [2.24, 2.45) is 0 Å². The second-order valence-corrected chi connectivity index (χ2v) is 5.06. The van der Waals surface area contributed by atoms with E-state index in [0.29, 0.717) is 18.1 Å². The SMILES string of the molecule is CCCNc1cc(C(=O)NCCCc2ccccc2)ncn1. The Kier molecular flexibility index (Phi) is 6.36. The average molecular weight is 298 g/mol. The van der Waals surface area contributed by atoms with Crippen LogP contribution in [-0.2, 0) is 6.42 Å². The molecule has 2 N–H and O–H groups in total. The molecule has 1 aromatic carbocycles. The number of hydrogen-bond acceptors (Lipinski definition) is 4. The molecule has 0 saturated heterocycles. The minimum atomic E-state index is -0.157. The van der Waals surface area contributed by atoms with Gasteiger partial charge >= 0.3 is 0 Å². The summed E-state index contributed by atoms with van der Waals surface area (Å²) in [6.45, 7) is 3.54. The third kappa shape index (κ3) is 5.16. The van der Waals surface area contributed by atoms with E-state index in [1.165, 1.54) is 11.9 Å². The highest BCUT2D eigenvalue weighted by Gasteiger charge is 2.07. The molecular formula is C17H22N4O. The van der Waals surface area contributed by atoms with Gasteiger partial charge in [0.1, 0.15) is 17.8 Å². The number of benzene rings is 1. The van der Waals surface area contributed by atoms with Crippen molar-refractivity contribution >= 4 is 11.7 Å². The maximum Gasteiger partial charge on any atom is 0.270 e. The maximum absolute atomic E-state index is 12.1. The van der Waals surface area contributed by atoms with Crippen molar-refractivity contribution in [1.82, 2.24) is 15.3 Å². The van der Waals surface area contributed by atoms with Gasteiger partial charge in [-0.1, -0.05) is 37.3 Å². The molecule has 1 aromatic heterocycles. The molecule has 0 unspecified atom stereocenters. The van der Waals surface area contributed by atoms with Crippen LogP contribution in [0.2, 0.25) is 0 Å². The average Bonchev–Trinajstić information content (AvgIpc) is 2.58. The molecule has 0 spiro atoms. The van der Waals surface area contributed by atoms with Gasteiger partial charge in [-0.2, -0.15) is 0 Å². The smallest absolute Gasteiger partial charge is 0.270 e. The Morgan fingerprint density at radius 3 is 2.73 bits per heavy atom. The number of nitrogens with zero attached hydrogens (tertiary/aromatic N) is 2. The van der Waals surface area contributed by atoms with Crippen molar-refractivity contribution in [3.8, 4) is 0 Å². The fourth-order valence-corrected chi connectivity index (χ4v) is 2.06. The van der Waals surface area contributed by atoms with Crippen LogP contribution in [0.1, 0.15) is 35.8 Å². The first-order chi connectivity index (χ1) is 10.8. The van der Waals surface area contributed by atoms with E-state index in [-0.39, 0.29) is 5.91 Å². The number of anilines is 1. The molecule has 0 aliphatic rings. The van der Waals surface area contributed by atoms with Gasteiger partial charge in [0.25, 0.3) is 5.91 Å². The Morgan fingerprint density at radius 1 is 1.14 bits per heavy atom. The van der Waals surface area contributed by atoms with Gasteiger partial charge in [-0.3, -0.25) is 4.79 Å². The van der Waals surface area contributed by atoms with E-state index in [1.807, 2.05) is 18.2 Å². The van der Waals surface area contributed by atoms with Crippen LogP contribution in [0.4, 0.5) is 5.82 Å². The molecule has 2 aromatic rings. The predicted molar refractivity (Wildman–Crippen MR) is 87.9 cm³/mol. The van der Waals surface area contributed by atoms with Gasteiger partial charge in [0, 0.05) is 19.2 Å². The van der Waals surface area contributed by atoms with Crippen molar-refractivity contribution in [3.05, 3.63) is 54.0 Å². The summed E-state index contributed by atoms with van der Waals surface area (Å²) in [5, 5.41) is 6.04. The summed E-state index contributed by atoms with van der Waals surface area (Å²) >= 11 is 0. The number of nitrogens with one attached hydrogen (secondary N) is 2. The van der Waals surface area contributed by atoms with E-state index in [2.05, 4.69) is 39.7 Å². The largest absolute Gasteiger partial charge is 0.370 e. The molecular weight excluding hydrogens is 276 g/mol. The van der Waals surface area contributed by atoms with E-state index in [9.17, 15) is 4.79 Å². The molecule has 22 heavy (non-hydrogen) atoms. The standard InChI is InChI=1S/C17H22N4O/c1-2-10-18-16-12-15(20-13-21-16)17(22)19-11-6-9-14-7-4-3-5-8-14/h3-5,7-8,12-13H,2,6,9-11H2,1H3,(H,19,22)(H,18,20,21). The summed E-state index contributed by atoms with van der Waals surface area (Å²) in [6.07, 6.45) is 4.28. The third-order valence-electron chi connectivity index (χ3n) is 3.23. The predicted octanol–water partition coefficient (Wildman–Crippen LogP) is 2.66. The second-order valence-electron chi connectivity index (χ2n) is 5.06. The lowest BCUT2D eigenvalue weighted by atomic mass is 10.1. The topological polar surface area (TPSA) is 66.9 Å². The van der Waals surface area contributed by atoms with Crippen LogP contribution in [0, 0.1) is 0 Å². The van der Waals surface area contributed by atoms with E-state index in [1.54, 1.807) is 6.07 Å². The highest BCUT2D eigenvalue weighted by Crippen LogP contribution is 2.05. The Hall–Kier alpha value is -2.43. The highest BCUT2D eigenvalue weighted by molar-refractivity contribution is 5.92. The quantitative estimate of drug-likeness (QED) is 0.735. The van der Waals surface area contributed by atoms with Crippen LogP contribution in [0.3, 0.4) is 0 Å². The molecule has 2 rings (SSSR count). The number of carbonyl (C=O) groups excluding carboxylic acids is 1. The minimum absolute atomic E-state index is 0.157. The monoisotopic (exact) mass is 298 g/mol. The van der Waals surface area contributed by atoms with Gasteiger partial charge in [0.15, 0.2) is 0 Å². The van der Waals surface area contributed by atoms with E-state index < -0.39 is 0 Å². The highest BCUT2D eigenvalue weighted by atomic mass is 16.1. The molecule has 0 aliphatic heterocycles. The minimum Gasteiger partial charge on any atom is -0.370 e. The van der Waals surface area contributed by atoms with Crippen LogP contribution in [0.15, 0.2) is 42.7 Å². The molecule has 0 atom stereocenters. The number of aryl methyl sites for hydroxylation is 1. The van der Waals surface area contributed by atoms with Crippen molar-refractivity contribution < 1.29 is 4.79 Å². The second kappa shape index (κ2) is 8.77. The van der Waals surface area contributed by atoms with Crippen molar-refractivity contribution in [2.75, 3.05) is 18.4 Å². The molecule has 116 valence electrons. The van der Waals surface area contributed by atoms with Gasteiger partial charge in [-0.05, 0) is 24.8 Å². The lowest BCUT2D eigenvalue weighted by Crippen LogP contribution is -2.26. The molecule has 5 heteroatoms. The zero-order valence-electron chi connectivity index (χ0n) is 12.9. The number of rotatable bonds is 8. The molecule has 0 aliphatic carbocycles. The molecule has 0 saturated carbocycles. The maximum atomic E-state index is 12.1. The summed E-state index contributed by atoms with van der Waals surface area (Å²) in [4.78, 5) is 20.2. The first-order valence-corrected chi connectivity index (χ1v) is 7.67. The van der Waals surface area contributed by atoms with Gasteiger partial charge in [0.2, 0.25) is 0 Å². The summed E-state index contributed by atoms with van der Waals surface area (Å²) < 4.78 is 0. The molecule has 0 bridgehead atoms. The van der Waals surface area contributed by atoms with Crippen LogP contribution in [-0.4, -0.2) is 29.0 Å². The Morgan fingerprint density at radius 2 is 1.95 bits per heavy atom. The Labute approximate surface area is 131 Å². The molecule has 1 amide bonds. The fraction of sp³-hybridized carbons (Fsp3) is 0.353. The van der Waals surface area contributed by atoms with Gasteiger partial charge in [-0.15, -0.1) is 0 Å². The Bertz CT molecular complexity index is 586. The van der Waals surface area contributed by atoms with Crippen LogP contribution in [0.5, 0.6) is 0 Å². The lowest BCUT2D eigenvalue weighted by Gasteiger charge is -2.07. The summed E-state index contributed by atoms with van der Waals surface area (Å²) in [5.74, 6) is 0.529. The zero-order valence-corrected chi connectivity index (χ0v) is 12.9. The van der Waals surface area contributed by atoms with Crippen molar-refractivity contribution in [1.29, 1.82) is 0 Å². The summed E-state index contributed by atoms with van der Waals surface area (Å²) in [5.41, 5.74) is 1.68. The normalized spacial score (nSPS) is 10.2. The number of amides is 1. The summed E-state index contributed by atoms with van der Waals surface area (Å²) in [6, 6.07) is 11.9. The summed E-state index contributed by atoms with van der Waals surface area (Å²) in [7, 11) is 0. The van der Waals surface area contributed by atoms with Crippen molar-refractivity contribution in [2.45, 2.75) is 26.2 Å². The molecule has 0 radical (unpaired) electrons. The fourth-order valence-electron chi connectivity index (χ4n) is 2.06. The first kappa shape index (κ1) is 15.9. The first-order valence-electron chi connectivity index (χ1n) is 7.67. The van der Waals surface area contributed by atoms with Gasteiger partial charge in [0.05, 0.1) is 0 Å². The van der Waals surface area contributed by atoms with E-state index in [4.69, 9.17) is 0 Å². The lowest BCUT2D eigenvalue weighted by molar-refractivity contribution is 0.0948. The number of aromatic nitrogens is 2. The van der Waals surface area contributed by atoms with Gasteiger partial charge in [-0.25, -0.2) is 9.97 Å². The van der Waals surface area contributed by atoms with Crippen LogP contribution in [0.25, 0.3) is 0 Å². The molecule has 5 nitrogen and oxygen atoms in total. The van der Waals surface area contributed by atoms with Crippen LogP contribution < -0.4 is 10.6 Å². The zero-order chi connectivity index (χ0) is 15.6. The van der Waals surface area contributed by atoms with Crippen molar-refractivity contribution in [3.63, 3.8) is 0 Å². The number of hydrogen-bond donors (Lipinski definition) is 2. The van der Waals surface area contributed by atoms with Gasteiger partial charge < -0.3 is 10.6 Å². The van der Waals surface area contributed by atoms with E-state index in [0.717, 1.165) is 25.8 Å². The molecule has 0 fully saturated rings. The number of carbonyl (C=O) groups is 1. The molecule has 1 heterocycles. The van der Waals surface area contributed by atoms with E-state index >= 15 is 0 Å². The Balaban J connectivity index is 1.77. The third-order valence-corrected chi connectivity index (χ3v) is 3.23.